The first kappa shape index (κ1) is 28.4. The van der Waals surface area contributed by atoms with Crippen molar-refractivity contribution in [2.45, 2.75) is 32.9 Å². The molecule has 0 radical (unpaired) electrons. The van der Waals surface area contributed by atoms with Crippen LogP contribution in [0.5, 0.6) is 17.2 Å². The normalized spacial score (nSPS) is 11.8. The Kier molecular flexibility index (Phi) is 9.21. The Labute approximate surface area is 233 Å². The van der Waals surface area contributed by atoms with Gasteiger partial charge in [-0.15, -0.1) is 5.10 Å². The lowest BCUT2D eigenvalue weighted by Gasteiger charge is -2.32. The number of fused-ring (bicyclic) bond motifs is 1. The van der Waals surface area contributed by atoms with Crippen LogP contribution in [0.3, 0.4) is 0 Å². The number of ether oxygens (including phenoxy) is 3. The van der Waals surface area contributed by atoms with E-state index in [1.165, 1.54) is 23.8 Å². The predicted molar refractivity (Wildman–Crippen MR) is 153 cm³/mol. The molecule has 0 spiro atoms. The summed E-state index contributed by atoms with van der Waals surface area (Å²) in [5.74, 6) is 1.21. The van der Waals surface area contributed by atoms with Gasteiger partial charge in [0, 0.05) is 18.3 Å². The molecule has 210 valence electrons. The minimum absolute atomic E-state index is 0.144. The van der Waals surface area contributed by atoms with E-state index in [-0.39, 0.29) is 18.4 Å². The van der Waals surface area contributed by atoms with Gasteiger partial charge in [0.2, 0.25) is 11.8 Å². The van der Waals surface area contributed by atoms with Crippen LogP contribution in [0.4, 0.5) is 5.69 Å². The fourth-order valence-corrected chi connectivity index (χ4v) is 4.46. The summed E-state index contributed by atoms with van der Waals surface area (Å²) in [5, 5.41) is 11.4. The molecule has 40 heavy (non-hydrogen) atoms. The molecule has 0 fully saturated rings. The molecule has 0 bridgehead atoms. The summed E-state index contributed by atoms with van der Waals surface area (Å²) in [6, 6.07) is 18.7. The first-order chi connectivity index (χ1) is 19.4. The molecule has 4 aromatic rings. The summed E-state index contributed by atoms with van der Waals surface area (Å²) in [5.41, 5.74) is 2.43. The van der Waals surface area contributed by atoms with Crippen molar-refractivity contribution >= 4 is 28.5 Å². The highest BCUT2D eigenvalue weighted by Gasteiger charge is 2.34. The van der Waals surface area contributed by atoms with Crippen molar-refractivity contribution in [1.82, 2.24) is 20.3 Å². The fraction of sp³-hybridized carbons (Fsp3) is 0.333. The van der Waals surface area contributed by atoms with E-state index in [4.69, 9.17) is 14.2 Å². The lowest BCUT2D eigenvalue weighted by molar-refractivity contribution is -0.127. The lowest BCUT2D eigenvalue weighted by atomic mass is 10.0. The molecule has 3 aromatic carbocycles. The maximum absolute atomic E-state index is 14.2. The van der Waals surface area contributed by atoms with E-state index in [9.17, 15) is 9.59 Å². The van der Waals surface area contributed by atoms with E-state index in [2.05, 4.69) is 29.5 Å². The highest BCUT2D eigenvalue weighted by molar-refractivity contribution is 6.01. The number of rotatable bonds is 12. The van der Waals surface area contributed by atoms with Gasteiger partial charge in [-0.2, -0.15) is 0 Å². The number of nitrogens with zero attached hydrogens (tertiary/aromatic N) is 4. The second-order valence-corrected chi connectivity index (χ2v) is 9.69. The van der Waals surface area contributed by atoms with Gasteiger partial charge in [-0.3, -0.25) is 14.5 Å². The Balaban J connectivity index is 1.83. The van der Waals surface area contributed by atoms with Gasteiger partial charge in [0.05, 0.1) is 26.8 Å². The van der Waals surface area contributed by atoms with Gasteiger partial charge in [-0.1, -0.05) is 43.3 Å². The molecule has 0 aliphatic carbocycles. The highest BCUT2D eigenvalue weighted by Crippen LogP contribution is 2.36. The van der Waals surface area contributed by atoms with Gasteiger partial charge < -0.3 is 19.5 Å². The first-order valence-electron chi connectivity index (χ1n) is 13.1. The van der Waals surface area contributed by atoms with Gasteiger partial charge in [-0.05, 0) is 54.3 Å². The summed E-state index contributed by atoms with van der Waals surface area (Å²) >= 11 is 0. The van der Waals surface area contributed by atoms with Crippen LogP contribution >= 0.6 is 0 Å². The van der Waals surface area contributed by atoms with Gasteiger partial charge in [0.1, 0.15) is 23.9 Å². The van der Waals surface area contributed by atoms with Crippen LogP contribution in [0.15, 0.2) is 66.7 Å². The largest absolute Gasteiger partial charge is 0.497 e. The number of hydrogen-bond acceptors (Lipinski definition) is 7. The average molecular weight is 546 g/mol. The maximum atomic E-state index is 14.2. The number of hydrogen-bond donors (Lipinski definition) is 1. The number of amides is 2. The maximum Gasteiger partial charge on any atom is 0.249 e. The van der Waals surface area contributed by atoms with E-state index in [0.29, 0.717) is 52.0 Å². The van der Waals surface area contributed by atoms with Crippen LogP contribution in [0.2, 0.25) is 0 Å². The molecule has 1 heterocycles. The van der Waals surface area contributed by atoms with Crippen molar-refractivity contribution in [3.05, 3.63) is 72.3 Å². The number of anilines is 1. The molecule has 10 heteroatoms. The predicted octanol–water partition coefficient (Wildman–Crippen LogP) is 4.39. The van der Waals surface area contributed by atoms with Crippen molar-refractivity contribution in [3.8, 4) is 17.2 Å². The number of aromatic nitrogens is 3. The van der Waals surface area contributed by atoms with Crippen LogP contribution in [-0.2, 0) is 16.1 Å². The number of nitrogens with one attached hydrogen (secondary N) is 1. The van der Waals surface area contributed by atoms with Crippen LogP contribution < -0.4 is 24.4 Å². The number of para-hydroxylation sites is 1. The summed E-state index contributed by atoms with van der Waals surface area (Å²) in [6.45, 7) is 4.51. The molecule has 0 saturated heterocycles. The quantitative estimate of drug-likeness (QED) is 0.281. The van der Waals surface area contributed by atoms with Crippen molar-refractivity contribution in [1.29, 1.82) is 0 Å². The minimum atomic E-state index is -1.01. The summed E-state index contributed by atoms with van der Waals surface area (Å²) in [4.78, 5) is 29.6. The summed E-state index contributed by atoms with van der Waals surface area (Å²) < 4.78 is 17.9. The Bertz CT molecular complexity index is 1470. The number of methoxy groups -OCH3 is 3. The Morgan fingerprint density at radius 1 is 0.925 bits per heavy atom. The summed E-state index contributed by atoms with van der Waals surface area (Å²) in [7, 11) is 4.62. The monoisotopic (exact) mass is 545 g/mol. The Morgan fingerprint density at radius 3 is 2.42 bits per heavy atom. The van der Waals surface area contributed by atoms with Crippen LogP contribution in [0.25, 0.3) is 11.0 Å². The molecule has 1 N–H and O–H groups in total. The third-order valence-electron chi connectivity index (χ3n) is 6.56. The molecular formula is C30H35N5O5. The van der Waals surface area contributed by atoms with E-state index in [1.54, 1.807) is 49.6 Å². The molecule has 1 unspecified atom stereocenters. The molecule has 1 atom stereocenters. The molecule has 10 nitrogen and oxygen atoms in total. The molecular weight excluding hydrogens is 510 g/mol. The molecule has 0 aliphatic heterocycles. The smallest absolute Gasteiger partial charge is 0.249 e. The Morgan fingerprint density at radius 2 is 1.70 bits per heavy atom. The van der Waals surface area contributed by atoms with Crippen LogP contribution in [0.1, 0.15) is 31.9 Å². The molecule has 4 rings (SSSR count). The van der Waals surface area contributed by atoms with Gasteiger partial charge in [0.25, 0.3) is 0 Å². The zero-order valence-corrected chi connectivity index (χ0v) is 23.5. The molecule has 1 aromatic heterocycles. The number of carbonyl (C=O) groups excluding carboxylic acids is 2. The standard InChI is InChI=1S/C30H35N5O5/c1-20(2)15-16-31-30(37)29(21-9-8-10-23(17-21)38-3)35(22-13-14-26(39-4)27(18-22)40-5)28(36)19-34-25-12-7-6-11-24(25)32-33-34/h6-14,17-18,20,29H,15-16,19H2,1-5H3,(H,31,37). The third-order valence-corrected chi connectivity index (χ3v) is 6.56. The van der Waals surface area contributed by atoms with Gasteiger partial charge in [-0.25, -0.2) is 4.68 Å². The molecule has 2 amide bonds. The molecule has 0 aliphatic rings. The van der Waals surface area contributed by atoms with Crippen molar-refractivity contribution in [3.63, 3.8) is 0 Å². The van der Waals surface area contributed by atoms with Gasteiger partial charge in [0.15, 0.2) is 11.5 Å². The number of benzene rings is 3. The topological polar surface area (TPSA) is 108 Å². The van der Waals surface area contributed by atoms with Crippen LogP contribution in [0, 0.1) is 5.92 Å². The van der Waals surface area contributed by atoms with Crippen molar-refractivity contribution < 1.29 is 23.8 Å². The number of carbonyl (C=O) groups is 2. The second kappa shape index (κ2) is 13.0. The summed E-state index contributed by atoms with van der Waals surface area (Å²) in [6.07, 6.45) is 0.797. The van der Waals surface area contributed by atoms with Crippen molar-refractivity contribution in [2.75, 3.05) is 32.8 Å². The highest BCUT2D eigenvalue weighted by atomic mass is 16.5. The van der Waals surface area contributed by atoms with E-state index >= 15 is 0 Å². The van der Waals surface area contributed by atoms with E-state index in [0.717, 1.165) is 6.42 Å². The van der Waals surface area contributed by atoms with Gasteiger partial charge >= 0.3 is 0 Å². The lowest BCUT2D eigenvalue weighted by Crippen LogP contribution is -2.45. The van der Waals surface area contributed by atoms with Crippen LogP contribution in [-0.4, -0.2) is 54.7 Å². The van der Waals surface area contributed by atoms with E-state index < -0.39 is 6.04 Å². The zero-order chi connectivity index (χ0) is 28.6. The Hall–Kier alpha value is -4.60. The van der Waals surface area contributed by atoms with Crippen molar-refractivity contribution in [2.24, 2.45) is 5.92 Å². The minimum Gasteiger partial charge on any atom is -0.497 e. The second-order valence-electron chi connectivity index (χ2n) is 9.69. The third kappa shape index (κ3) is 6.33. The van der Waals surface area contributed by atoms with E-state index in [1.807, 2.05) is 24.3 Å². The average Bonchev–Trinajstić information content (AvgIpc) is 3.37. The fourth-order valence-electron chi connectivity index (χ4n) is 4.46. The SMILES string of the molecule is COc1cccc(C(C(=O)NCCC(C)C)N(C(=O)Cn2nnc3ccccc32)c2ccc(OC)c(OC)c2)c1. The first-order valence-corrected chi connectivity index (χ1v) is 13.1. The molecule has 0 saturated carbocycles. The zero-order valence-electron chi connectivity index (χ0n) is 23.5.